The van der Waals surface area contributed by atoms with Gasteiger partial charge in [-0.1, -0.05) is 0 Å². The second kappa shape index (κ2) is 3.09. The summed E-state index contributed by atoms with van der Waals surface area (Å²) in [4.78, 5) is 15.1. The molecule has 0 unspecified atom stereocenters. The van der Waals surface area contributed by atoms with Crippen molar-refractivity contribution in [2.75, 3.05) is 0 Å². The molecule has 5 heteroatoms. The standard InChI is InChI=1S/C9H8BrN3O/c1-5-8(9(11)14)12-7-3-2-6(10)4-13(5)7/h2-4H,1H3,(H2,11,14). The van der Waals surface area contributed by atoms with Gasteiger partial charge in [-0.05, 0) is 35.0 Å². The Morgan fingerprint density at radius 1 is 1.57 bits per heavy atom. The first-order chi connectivity index (χ1) is 6.59. The molecule has 2 rings (SSSR count). The molecule has 0 saturated carbocycles. The van der Waals surface area contributed by atoms with Crippen LogP contribution in [0.5, 0.6) is 0 Å². The summed E-state index contributed by atoms with van der Waals surface area (Å²) in [7, 11) is 0. The first-order valence-corrected chi connectivity index (χ1v) is 4.83. The normalized spacial score (nSPS) is 10.7. The molecule has 0 aromatic carbocycles. The van der Waals surface area contributed by atoms with Crippen LogP contribution in [-0.2, 0) is 0 Å². The zero-order valence-electron chi connectivity index (χ0n) is 7.49. The summed E-state index contributed by atoms with van der Waals surface area (Å²) in [6, 6.07) is 3.69. The molecule has 4 nitrogen and oxygen atoms in total. The fourth-order valence-electron chi connectivity index (χ4n) is 1.37. The van der Waals surface area contributed by atoms with E-state index < -0.39 is 5.91 Å². The third-order valence-electron chi connectivity index (χ3n) is 2.05. The average molecular weight is 254 g/mol. The maximum absolute atomic E-state index is 11.0. The number of imidazole rings is 1. The zero-order chi connectivity index (χ0) is 10.3. The van der Waals surface area contributed by atoms with Gasteiger partial charge < -0.3 is 10.1 Å². The highest BCUT2D eigenvalue weighted by molar-refractivity contribution is 9.10. The summed E-state index contributed by atoms with van der Waals surface area (Å²) >= 11 is 3.35. The molecule has 0 fully saturated rings. The maximum Gasteiger partial charge on any atom is 0.269 e. The molecule has 2 N–H and O–H groups in total. The number of aromatic nitrogens is 2. The van der Waals surface area contributed by atoms with Crippen molar-refractivity contribution in [1.82, 2.24) is 9.38 Å². The Morgan fingerprint density at radius 3 is 2.93 bits per heavy atom. The van der Waals surface area contributed by atoms with Crippen LogP contribution >= 0.6 is 15.9 Å². The summed E-state index contributed by atoms with van der Waals surface area (Å²) in [6.07, 6.45) is 1.85. The molecule has 0 aliphatic heterocycles. The minimum absolute atomic E-state index is 0.322. The molecule has 0 spiro atoms. The summed E-state index contributed by atoms with van der Waals surface area (Å²) in [5.74, 6) is -0.498. The molecule has 0 aliphatic carbocycles. The second-order valence-electron chi connectivity index (χ2n) is 2.99. The van der Waals surface area contributed by atoms with Gasteiger partial charge in [-0.25, -0.2) is 4.98 Å². The number of pyridine rings is 1. The molecule has 2 heterocycles. The number of carbonyl (C=O) groups excluding carboxylic acids is 1. The molecule has 14 heavy (non-hydrogen) atoms. The minimum Gasteiger partial charge on any atom is -0.364 e. The van der Waals surface area contributed by atoms with E-state index in [1.54, 1.807) is 0 Å². The lowest BCUT2D eigenvalue weighted by atomic mass is 10.3. The molecule has 0 radical (unpaired) electrons. The van der Waals surface area contributed by atoms with E-state index in [2.05, 4.69) is 20.9 Å². The third kappa shape index (κ3) is 1.29. The first-order valence-electron chi connectivity index (χ1n) is 4.03. The number of fused-ring (bicyclic) bond motifs is 1. The van der Waals surface area contributed by atoms with Crippen molar-refractivity contribution in [2.24, 2.45) is 5.73 Å². The summed E-state index contributed by atoms with van der Waals surface area (Å²) in [5.41, 5.74) is 6.99. The van der Waals surface area contributed by atoms with Crippen LogP contribution < -0.4 is 5.73 Å². The fraction of sp³-hybridized carbons (Fsp3) is 0.111. The van der Waals surface area contributed by atoms with Gasteiger partial charge in [0.2, 0.25) is 0 Å². The number of aryl methyl sites for hydroxylation is 1. The Bertz CT molecular complexity index is 518. The van der Waals surface area contributed by atoms with E-state index in [0.717, 1.165) is 15.8 Å². The number of carbonyl (C=O) groups is 1. The number of rotatable bonds is 1. The lowest BCUT2D eigenvalue weighted by Gasteiger charge is -1.96. The van der Waals surface area contributed by atoms with E-state index in [-0.39, 0.29) is 0 Å². The van der Waals surface area contributed by atoms with E-state index >= 15 is 0 Å². The van der Waals surface area contributed by atoms with Crippen LogP contribution in [0.3, 0.4) is 0 Å². The van der Waals surface area contributed by atoms with Gasteiger partial charge in [0.05, 0.1) is 5.69 Å². The van der Waals surface area contributed by atoms with Gasteiger partial charge in [0.1, 0.15) is 11.3 Å². The van der Waals surface area contributed by atoms with Crippen LogP contribution in [0.2, 0.25) is 0 Å². The van der Waals surface area contributed by atoms with Gasteiger partial charge in [0.15, 0.2) is 0 Å². The van der Waals surface area contributed by atoms with Crippen molar-refractivity contribution in [3.8, 4) is 0 Å². The monoisotopic (exact) mass is 253 g/mol. The van der Waals surface area contributed by atoms with Crippen LogP contribution in [0.15, 0.2) is 22.8 Å². The maximum atomic E-state index is 11.0. The SMILES string of the molecule is Cc1c(C(N)=O)nc2ccc(Br)cn12. The third-order valence-corrected chi connectivity index (χ3v) is 2.52. The van der Waals surface area contributed by atoms with Crippen molar-refractivity contribution in [3.05, 3.63) is 34.2 Å². The Kier molecular flexibility index (Phi) is 2.03. The van der Waals surface area contributed by atoms with Crippen LogP contribution in [0.1, 0.15) is 16.2 Å². The number of nitrogens with two attached hydrogens (primary N) is 1. The second-order valence-corrected chi connectivity index (χ2v) is 3.90. The Hall–Kier alpha value is -1.36. The first kappa shape index (κ1) is 9.21. The number of nitrogens with zero attached hydrogens (tertiary/aromatic N) is 2. The number of halogens is 1. The molecular weight excluding hydrogens is 246 g/mol. The minimum atomic E-state index is -0.498. The van der Waals surface area contributed by atoms with E-state index in [1.165, 1.54) is 0 Å². The predicted molar refractivity (Wildman–Crippen MR) is 56.1 cm³/mol. The van der Waals surface area contributed by atoms with Crippen LogP contribution in [0, 0.1) is 6.92 Å². The van der Waals surface area contributed by atoms with Gasteiger partial charge in [-0.3, -0.25) is 4.79 Å². The lowest BCUT2D eigenvalue weighted by molar-refractivity contribution is 0.0995. The molecule has 2 aromatic rings. The molecule has 0 bridgehead atoms. The van der Waals surface area contributed by atoms with E-state index in [0.29, 0.717) is 5.69 Å². The Morgan fingerprint density at radius 2 is 2.29 bits per heavy atom. The summed E-state index contributed by atoms with van der Waals surface area (Å²) in [6.45, 7) is 1.81. The number of primary amides is 1. The van der Waals surface area contributed by atoms with E-state index in [4.69, 9.17) is 5.73 Å². The van der Waals surface area contributed by atoms with Crippen molar-refractivity contribution >= 4 is 27.5 Å². The molecule has 0 aliphatic rings. The fourth-order valence-corrected chi connectivity index (χ4v) is 1.71. The van der Waals surface area contributed by atoms with Crippen LogP contribution in [-0.4, -0.2) is 15.3 Å². The summed E-state index contributed by atoms with van der Waals surface area (Å²) in [5, 5.41) is 0. The predicted octanol–water partition coefficient (Wildman–Crippen LogP) is 1.50. The smallest absolute Gasteiger partial charge is 0.269 e. The van der Waals surface area contributed by atoms with Crippen LogP contribution in [0.4, 0.5) is 0 Å². The van der Waals surface area contributed by atoms with Crippen molar-refractivity contribution in [2.45, 2.75) is 6.92 Å². The van der Waals surface area contributed by atoms with E-state index in [1.807, 2.05) is 29.7 Å². The van der Waals surface area contributed by atoms with Crippen molar-refractivity contribution in [3.63, 3.8) is 0 Å². The number of amides is 1. The largest absolute Gasteiger partial charge is 0.364 e. The molecule has 72 valence electrons. The van der Waals surface area contributed by atoms with Gasteiger partial charge in [0, 0.05) is 10.7 Å². The molecule has 1 amide bonds. The van der Waals surface area contributed by atoms with Crippen molar-refractivity contribution in [1.29, 1.82) is 0 Å². The van der Waals surface area contributed by atoms with Gasteiger partial charge >= 0.3 is 0 Å². The lowest BCUT2D eigenvalue weighted by Crippen LogP contribution is -2.12. The van der Waals surface area contributed by atoms with Crippen molar-refractivity contribution < 1.29 is 4.79 Å². The highest BCUT2D eigenvalue weighted by Gasteiger charge is 2.12. The summed E-state index contributed by atoms with van der Waals surface area (Å²) < 4.78 is 2.76. The van der Waals surface area contributed by atoms with Crippen LogP contribution in [0.25, 0.3) is 5.65 Å². The average Bonchev–Trinajstić information content (AvgIpc) is 2.44. The molecule has 2 aromatic heterocycles. The Balaban J connectivity index is 2.80. The zero-order valence-corrected chi connectivity index (χ0v) is 9.08. The van der Waals surface area contributed by atoms with Gasteiger partial charge in [-0.15, -0.1) is 0 Å². The number of hydrogen-bond donors (Lipinski definition) is 1. The topological polar surface area (TPSA) is 60.4 Å². The van der Waals surface area contributed by atoms with Gasteiger partial charge in [-0.2, -0.15) is 0 Å². The quantitative estimate of drug-likeness (QED) is 0.838. The van der Waals surface area contributed by atoms with E-state index in [9.17, 15) is 4.79 Å². The highest BCUT2D eigenvalue weighted by atomic mass is 79.9. The number of hydrogen-bond acceptors (Lipinski definition) is 2. The molecule has 0 atom stereocenters. The van der Waals surface area contributed by atoms with Gasteiger partial charge in [0.25, 0.3) is 5.91 Å². The molecule has 0 saturated heterocycles. The Labute approximate surface area is 88.9 Å². The molecular formula is C9H8BrN3O. The highest BCUT2D eigenvalue weighted by Crippen LogP contribution is 2.15.